The number of benzene rings is 2. The number of carbonyl (C=O) groups is 4. The number of carbonyl (C=O) groups excluding carboxylic acids is 4. The summed E-state index contributed by atoms with van der Waals surface area (Å²) >= 11 is 0. The molecule has 58 heavy (non-hydrogen) atoms. The summed E-state index contributed by atoms with van der Waals surface area (Å²) in [6.07, 6.45) is 2.85. The van der Waals surface area contributed by atoms with Crippen molar-refractivity contribution >= 4 is 23.6 Å². The molecule has 4 fully saturated rings. The number of imidazole rings is 2. The fraction of sp³-hybridized carbons (Fsp3) is 0.476. The first kappa shape index (κ1) is 39.3. The van der Waals surface area contributed by atoms with E-state index in [0.29, 0.717) is 37.6 Å². The van der Waals surface area contributed by atoms with Gasteiger partial charge in [0.05, 0.1) is 35.9 Å². The first-order chi connectivity index (χ1) is 27.6. The van der Waals surface area contributed by atoms with Crippen molar-refractivity contribution in [2.24, 2.45) is 11.8 Å². The van der Waals surface area contributed by atoms with Crippen LogP contribution in [0.5, 0.6) is 0 Å². The van der Waals surface area contributed by atoms with Crippen LogP contribution in [0.4, 0.5) is 17.6 Å². The molecule has 4 aromatic rings. The second kappa shape index (κ2) is 15.3. The molecular weight excluding hydrogens is 757 g/mol. The van der Waals surface area contributed by atoms with Crippen LogP contribution in [0.1, 0.15) is 76.1 Å². The minimum Gasteiger partial charge on any atom is -0.340 e. The summed E-state index contributed by atoms with van der Waals surface area (Å²) in [5.74, 6) is -7.12. The Labute approximate surface area is 333 Å². The van der Waals surface area contributed by atoms with Crippen molar-refractivity contribution in [3.63, 3.8) is 0 Å². The van der Waals surface area contributed by atoms with Gasteiger partial charge in [0.15, 0.2) is 0 Å². The highest BCUT2D eigenvalue weighted by molar-refractivity contribution is 6.35. The largest absolute Gasteiger partial charge is 0.340 e. The highest BCUT2D eigenvalue weighted by Gasteiger charge is 2.44. The number of nitrogens with one attached hydrogen (secondary N) is 2. The fourth-order valence-electron chi connectivity index (χ4n) is 8.64. The molecule has 0 aliphatic carbocycles. The zero-order valence-electron chi connectivity index (χ0n) is 32.4. The van der Waals surface area contributed by atoms with Crippen molar-refractivity contribution in [1.29, 1.82) is 0 Å². The Bertz CT molecular complexity index is 2010. The molecule has 0 radical (unpaired) electrons. The molecular formula is C42H46F4N8O4. The van der Waals surface area contributed by atoms with Gasteiger partial charge in [-0.2, -0.15) is 0 Å². The lowest BCUT2D eigenvalue weighted by Crippen LogP contribution is -2.49. The number of nitrogens with zero attached hydrogens (tertiary/aromatic N) is 6. The molecule has 2 aromatic carbocycles. The molecule has 4 atom stereocenters. The van der Waals surface area contributed by atoms with Gasteiger partial charge in [0.25, 0.3) is 11.8 Å². The fourth-order valence-corrected chi connectivity index (χ4v) is 8.64. The van der Waals surface area contributed by atoms with E-state index in [9.17, 15) is 36.7 Å². The Morgan fingerprint density at radius 3 is 1.22 bits per heavy atom. The quantitative estimate of drug-likeness (QED) is 0.175. The molecule has 4 saturated heterocycles. The van der Waals surface area contributed by atoms with E-state index in [-0.39, 0.29) is 38.0 Å². The summed E-state index contributed by atoms with van der Waals surface area (Å²) in [6.45, 7) is 4.17. The van der Waals surface area contributed by atoms with Crippen LogP contribution in [0.15, 0.2) is 60.9 Å². The molecule has 16 heteroatoms. The van der Waals surface area contributed by atoms with E-state index in [4.69, 9.17) is 0 Å². The van der Waals surface area contributed by atoms with Gasteiger partial charge in [-0.3, -0.25) is 19.2 Å². The average Bonchev–Trinajstić information content (AvgIpc) is 4.04. The molecule has 4 aliphatic rings. The smallest absolute Gasteiger partial charge is 0.312 e. The van der Waals surface area contributed by atoms with Crippen molar-refractivity contribution in [3.05, 3.63) is 72.6 Å². The maximum Gasteiger partial charge on any atom is 0.312 e. The van der Waals surface area contributed by atoms with Gasteiger partial charge in [-0.1, -0.05) is 62.4 Å². The molecule has 0 spiro atoms. The van der Waals surface area contributed by atoms with Gasteiger partial charge < -0.3 is 29.6 Å². The van der Waals surface area contributed by atoms with Gasteiger partial charge in [-0.25, -0.2) is 27.5 Å². The third-order valence-corrected chi connectivity index (χ3v) is 12.0. The van der Waals surface area contributed by atoms with Gasteiger partial charge in [0.1, 0.15) is 11.6 Å². The number of rotatable bonds is 5. The number of piperidine rings is 2. The monoisotopic (exact) mass is 802 g/mol. The molecule has 2 aromatic heterocycles. The number of halogens is 4. The van der Waals surface area contributed by atoms with E-state index < -0.39 is 73.2 Å². The lowest BCUT2D eigenvalue weighted by atomic mass is 10.0. The zero-order chi connectivity index (χ0) is 40.9. The Hall–Kier alpha value is -5.54. The lowest BCUT2D eigenvalue weighted by Gasteiger charge is -2.33. The summed E-state index contributed by atoms with van der Waals surface area (Å²) in [4.78, 5) is 74.0. The molecule has 12 nitrogen and oxygen atoms in total. The Morgan fingerprint density at radius 1 is 0.552 bits per heavy atom. The number of likely N-dealkylation sites (tertiary alicyclic amines) is 4. The minimum absolute atomic E-state index is 0.129. The van der Waals surface area contributed by atoms with Crippen LogP contribution >= 0.6 is 0 Å². The maximum atomic E-state index is 13.7. The first-order valence-corrected chi connectivity index (χ1v) is 19.9. The standard InChI is InChI=1S/C42H46F4N8O4/c1-25-19-33(53(23-25)39(57)37(55)51-15-11-41(43,44)12-16-51)35-47-21-31(49-35)29-7-3-27(4-8-29)28-5-9-30(10-6-28)32-22-48-36(50-32)34-20-26(2)24-54(34)40(58)38(56)52-17-13-42(45,46)14-18-52/h3-10,21-22,25-26,33-34H,11-20,23-24H2,1-2H3,(H,47,49)(H,48,50). The van der Waals surface area contributed by atoms with E-state index in [1.54, 1.807) is 12.4 Å². The van der Waals surface area contributed by atoms with E-state index in [0.717, 1.165) is 33.6 Å². The van der Waals surface area contributed by atoms with Crippen LogP contribution < -0.4 is 0 Å². The molecule has 6 heterocycles. The van der Waals surface area contributed by atoms with Crippen LogP contribution in [0, 0.1) is 11.8 Å². The van der Waals surface area contributed by atoms with Crippen molar-refractivity contribution in [3.8, 4) is 33.6 Å². The third kappa shape index (κ3) is 7.97. The first-order valence-electron chi connectivity index (χ1n) is 19.9. The summed E-state index contributed by atoms with van der Waals surface area (Å²) in [6, 6.07) is 15.0. The predicted octanol–water partition coefficient (Wildman–Crippen LogP) is 6.47. The molecule has 0 bridgehead atoms. The van der Waals surface area contributed by atoms with E-state index >= 15 is 0 Å². The molecule has 0 saturated carbocycles. The second-order valence-corrected chi connectivity index (χ2v) is 16.4. The normalized spacial score (nSPS) is 24.3. The Balaban J connectivity index is 0.904. The van der Waals surface area contributed by atoms with Gasteiger partial charge >= 0.3 is 23.6 Å². The molecule has 4 unspecified atom stereocenters. The summed E-state index contributed by atoms with van der Waals surface area (Å²) in [5.41, 5.74) is 5.22. The maximum absolute atomic E-state index is 13.7. The zero-order valence-corrected chi connectivity index (χ0v) is 32.4. The van der Waals surface area contributed by atoms with Crippen LogP contribution in [-0.2, 0) is 19.2 Å². The molecule has 4 aliphatic heterocycles. The molecule has 8 rings (SSSR count). The van der Waals surface area contributed by atoms with Crippen molar-refractivity contribution in [2.75, 3.05) is 39.3 Å². The van der Waals surface area contributed by atoms with E-state index in [1.807, 2.05) is 62.4 Å². The number of H-pyrrole nitrogens is 2. The van der Waals surface area contributed by atoms with Crippen molar-refractivity contribution in [1.82, 2.24) is 39.5 Å². The molecule has 2 N–H and O–H groups in total. The van der Waals surface area contributed by atoms with Gasteiger partial charge in [-0.15, -0.1) is 0 Å². The SMILES string of the molecule is CC1CC(c2ncc(-c3ccc(-c4ccc(-c5cnc(C6CC(C)CN6C(=O)C(=O)N6CCC(F)(F)CC6)[nH]5)cc4)cc3)[nH]2)N(C(=O)C(=O)N2CCC(F)(F)CC2)C1. The lowest BCUT2D eigenvalue weighted by molar-refractivity contribution is -0.155. The minimum atomic E-state index is -2.82. The van der Waals surface area contributed by atoms with Gasteiger partial charge in [0, 0.05) is 65.0 Å². The highest BCUT2D eigenvalue weighted by Crippen LogP contribution is 2.38. The molecule has 306 valence electrons. The second-order valence-electron chi connectivity index (χ2n) is 16.4. The summed E-state index contributed by atoms with van der Waals surface area (Å²) in [7, 11) is 0. The van der Waals surface area contributed by atoms with Crippen LogP contribution in [-0.4, -0.2) is 114 Å². The van der Waals surface area contributed by atoms with Crippen molar-refractivity contribution < 1.29 is 36.7 Å². The number of hydrogen-bond donors (Lipinski definition) is 2. The Morgan fingerprint density at radius 2 is 0.879 bits per heavy atom. The number of hydrogen-bond acceptors (Lipinski definition) is 6. The van der Waals surface area contributed by atoms with E-state index in [2.05, 4.69) is 19.9 Å². The number of amides is 4. The predicted molar refractivity (Wildman–Crippen MR) is 205 cm³/mol. The number of aromatic nitrogens is 4. The van der Waals surface area contributed by atoms with Crippen LogP contribution in [0.25, 0.3) is 33.6 Å². The number of alkyl halides is 4. The summed E-state index contributed by atoms with van der Waals surface area (Å²) in [5, 5.41) is 0. The van der Waals surface area contributed by atoms with Crippen LogP contribution in [0.2, 0.25) is 0 Å². The average molecular weight is 803 g/mol. The molecule has 4 amide bonds. The number of aromatic amines is 2. The Kier molecular flexibility index (Phi) is 10.4. The highest BCUT2D eigenvalue weighted by atomic mass is 19.3. The van der Waals surface area contributed by atoms with Crippen LogP contribution in [0.3, 0.4) is 0 Å². The van der Waals surface area contributed by atoms with Gasteiger partial charge in [0.2, 0.25) is 0 Å². The van der Waals surface area contributed by atoms with Crippen molar-refractivity contribution in [2.45, 2.75) is 76.3 Å². The third-order valence-electron chi connectivity index (χ3n) is 12.0. The van der Waals surface area contributed by atoms with Gasteiger partial charge in [-0.05, 0) is 46.9 Å². The van der Waals surface area contributed by atoms with E-state index in [1.165, 1.54) is 19.6 Å². The summed E-state index contributed by atoms with van der Waals surface area (Å²) < 4.78 is 54.7. The topological polar surface area (TPSA) is 139 Å².